The van der Waals surface area contributed by atoms with Gasteiger partial charge in [0.25, 0.3) is 17.3 Å². The minimum absolute atomic E-state index is 0.195. The topological polar surface area (TPSA) is 121 Å². The number of fused-ring (bicyclic) bond motifs is 1. The number of aromatic nitrogens is 1. The van der Waals surface area contributed by atoms with Crippen LogP contribution in [0, 0.1) is 20.2 Å². The summed E-state index contributed by atoms with van der Waals surface area (Å²) in [5, 5.41) is 22.2. The number of thiazole rings is 1. The molecule has 1 heterocycles. The highest BCUT2D eigenvalue weighted by Crippen LogP contribution is 2.25. The van der Waals surface area contributed by atoms with Gasteiger partial charge in [0.15, 0.2) is 4.80 Å². The molecule has 0 saturated carbocycles. The number of nitro groups is 2. The van der Waals surface area contributed by atoms with E-state index >= 15 is 0 Å². The van der Waals surface area contributed by atoms with Crippen molar-refractivity contribution in [3.63, 3.8) is 0 Å². The molecule has 0 unspecified atom stereocenters. The predicted octanol–water partition coefficient (Wildman–Crippen LogP) is 4.79. The molecule has 3 aromatic rings. The fourth-order valence-corrected chi connectivity index (χ4v) is 4.16. The molecule has 3 rings (SSSR count). The highest BCUT2D eigenvalue weighted by molar-refractivity contribution is 7.16. The standard InChI is InChI=1S/C20H20N4O5S/c1-4-7-22-17-6-5-13(12(2)3)10-18(17)30-20(22)21-19(25)14-8-15(23(26)27)11-16(9-14)24(28)29/h5-6,8-12H,4,7H2,1-3H3. The van der Waals surface area contributed by atoms with E-state index in [0.717, 1.165) is 34.8 Å². The summed E-state index contributed by atoms with van der Waals surface area (Å²) in [6, 6.07) is 8.94. The zero-order valence-electron chi connectivity index (χ0n) is 16.7. The Hall–Kier alpha value is -3.40. The van der Waals surface area contributed by atoms with Gasteiger partial charge < -0.3 is 4.57 Å². The first kappa shape index (κ1) is 21.3. The van der Waals surface area contributed by atoms with Gasteiger partial charge in [-0.25, -0.2) is 0 Å². The molecule has 0 bridgehead atoms. The van der Waals surface area contributed by atoms with Crippen molar-refractivity contribution in [3.8, 4) is 0 Å². The summed E-state index contributed by atoms with van der Waals surface area (Å²) in [7, 11) is 0. The summed E-state index contributed by atoms with van der Waals surface area (Å²) in [6.45, 7) is 6.84. The van der Waals surface area contributed by atoms with Crippen molar-refractivity contribution in [2.45, 2.75) is 39.7 Å². The monoisotopic (exact) mass is 428 g/mol. The highest BCUT2D eigenvalue weighted by atomic mass is 32.1. The molecule has 0 fully saturated rings. The van der Waals surface area contributed by atoms with Crippen molar-refractivity contribution in [2.24, 2.45) is 4.99 Å². The number of amides is 1. The Labute approximate surface area is 175 Å². The summed E-state index contributed by atoms with van der Waals surface area (Å²) in [4.78, 5) is 38.0. The lowest BCUT2D eigenvalue weighted by Crippen LogP contribution is -2.17. The van der Waals surface area contributed by atoms with Crippen molar-refractivity contribution in [1.29, 1.82) is 0 Å². The van der Waals surface area contributed by atoms with Crippen LogP contribution in [0.5, 0.6) is 0 Å². The van der Waals surface area contributed by atoms with E-state index in [1.807, 2.05) is 23.6 Å². The quantitative estimate of drug-likeness (QED) is 0.413. The molecular weight excluding hydrogens is 408 g/mol. The van der Waals surface area contributed by atoms with Gasteiger partial charge >= 0.3 is 0 Å². The zero-order chi connectivity index (χ0) is 22.0. The van der Waals surface area contributed by atoms with Crippen LogP contribution in [0.25, 0.3) is 10.2 Å². The molecule has 156 valence electrons. The number of hydrogen-bond acceptors (Lipinski definition) is 6. The molecule has 0 saturated heterocycles. The van der Waals surface area contributed by atoms with Crippen LogP contribution in [0.1, 0.15) is 49.0 Å². The zero-order valence-corrected chi connectivity index (χ0v) is 17.5. The number of carbonyl (C=O) groups is 1. The average Bonchev–Trinajstić information content (AvgIpc) is 3.04. The van der Waals surface area contributed by atoms with Crippen LogP contribution in [0.15, 0.2) is 41.4 Å². The number of carbonyl (C=O) groups excluding carboxylic acids is 1. The number of non-ortho nitro benzene ring substituents is 2. The van der Waals surface area contributed by atoms with Gasteiger partial charge in [-0.3, -0.25) is 25.0 Å². The first-order chi connectivity index (χ1) is 14.2. The number of nitro benzene ring substituents is 2. The van der Waals surface area contributed by atoms with Gasteiger partial charge in [0, 0.05) is 18.7 Å². The number of aryl methyl sites for hydroxylation is 1. The fraction of sp³-hybridized carbons (Fsp3) is 0.300. The largest absolute Gasteiger partial charge is 0.316 e. The Kier molecular flexibility index (Phi) is 6.06. The first-order valence-electron chi connectivity index (χ1n) is 9.37. The van der Waals surface area contributed by atoms with Crippen LogP contribution in [0.2, 0.25) is 0 Å². The molecule has 0 radical (unpaired) electrons. The lowest BCUT2D eigenvalue weighted by atomic mass is 10.0. The molecular formula is C20H20N4O5S. The van der Waals surface area contributed by atoms with Gasteiger partial charge in [-0.05, 0) is 30.0 Å². The number of hydrogen-bond donors (Lipinski definition) is 0. The Morgan fingerprint density at radius 3 is 2.27 bits per heavy atom. The van der Waals surface area contributed by atoms with E-state index in [9.17, 15) is 25.0 Å². The van der Waals surface area contributed by atoms with Crippen LogP contribution in [-0.4, -0.2) is 20.3 Å². The van der Waals surface area contributed by atoms with Crippen LogP contribution in [0.4, 0.5) is 11.4 Å². The maximum absolute atomic E-state index is 12.8. The second-order valence-electron chi connectivity index (χ2n) is 7.09. The number of benzene rings is 2. The Bertz CT molecular complexity index is 1190. The van der Waals surface area contributed by atoms with Crippen LogP contribution in [0.3, 0.4) is 0 Å². The van der Waals surface area contributed by atoms with E-state index in [0.29, 0.717) is 17.3 Å². The van der Waals surface area contributed by atoms with Crippen molar-refractivity contribution in [3.05, 3.63) is 72.6 Å². The second kappa shape index (κ2) is 8.54. The number of nitrogens with zero attached hydrogens (tertiary/aromatic N) is 4. The van der Waals surface area contributed by atoms with Crippen LogP contribution in [-0.2, 0) is 6.54 Å². The Balaban J connectivity index is 2.16. The normalized spacial score (nSPS) is 11.9. The van der Waals surface area contributed by atoms with E-state index in [2.05, 4.69) is 24.9 Å². The van der Waals surface area contributed by atoms with E-state index < -0.39 is 27.1 Å². The average molecular weight is 428 g/mol. The Morgan fingerprint density at radius 1 is 1.10 bits per heavy atom. The van der Waals surface area contributed by atoms with Crippen molar-refractivity contribution < 1.29 is 14.6 Å². The minimum Gasteiger partial charge on any atom is -0.316 e. The van der Waals surface area contributed by atoms with Gasteiger partial charge in [-0.1, -0.05) is 38.2 Å². The molecule has 10 heteroatoms. The van der Waals surface area contributed by atoms with Crippen molar-refractivity contribution in [1.82, 2.24) is 4.57 Å². The maximum Gasteiger partial charge on any atom is 0.280 e. The summed E-state index contributed by atoms with van der Waals surface area (Å²) in [5.41, 5.74) is 0.867. The third-order valence-corrected chi connectivity index (χ3v) is 5.63. The van der Waals surface area contributed by atoms with Gasteiger partial charge in [0.05, 0.1) is 31.7 Å². The van der Waals surface area contributed by atoms with Crippen molar-refractivity contribution in [2.75, 3.05) is 0 Å². The third kappa shape index (κ3) is 4.28. The molecule has 9 nitrogen and oxygen atoms in total. The molecule has 1 amide bonds. The fourth-order valence-electron chi connectivity index (χ4n) is 3.05. The molecule has 0 spiro atoms. The smallest absolute Gasteiger partial charge is 0.280 e. The molecule has 1 aromatic heterocycles. The molecule has 0 aliphatic carbocycles. The molecule has 30 heavy (non-hydrogen) atoms. The van der Waals surface area contributed by atoms with E-state index in [1.165, 1.54) is 16.9 Å². The minimum atomic E-state index is -0.770. The molecule has 0 aliphatic heterocycles. The van der Waals surface area contributed by atoms with Gasteiger partial charge in [-0.2, -0.15) is 4.99 Å². The van der Waals surface area contributed by atoms with Gasteiger partial charge in [0.2, 0.25) is 0 Å². The summed E-state index contributed by atoms with van der Waals surface area (Å²) < 4.78 is 2.90. The predicted molar refractivity (Wildman–Crippen MR) is 114 cm³/mol. The molecule has 0 N–H and O–H groups in total. The van der Waals surface area contributed by atoms with Gasteiger partial charge in [-0.15, -0.1) is 0 Å². The van der Waals surface area contributed by atoms with Crippen LogP contribution < -0.4 is 4.80 Å². The SMILES string of the molecule is CCCn1c(=NC(=O)c2cc([N+](=O)[O-])cc([N+](=O)[O-])c2)sc2cc(C(C)C)ccc21. The van der Waals surface area contributed by atoms with Crippen molar-refractivity contribution >= 4 is 38.8 Å². The maximum atomic E-state index is 12.8. The first-order valence-corrected chi connectivity index (χ1v) is 10.2. The second-order valence-corrected chi connectivity index (χ2v) is 8.10. The Morgan fingerprint density at radius 2 is 1.73 bits per heavy atom. The van der Waals surface area contributed by atoms with Gasteiger partial charge in [0.1, 0.15) is 0 Å². The van der Waals surface area contributed by atoms with Crippen LogP contribution >= 0.6 is 11.3 Å². The third-order valence-electron chi connectivity index (χ3n) is 4.59. The van der Waals surface area contributed by atoms with E-state index in [4.69, 9.17) is 0 Å². The molecule has 0 atom stereocenters. The molecule has 0 aliphatic rings. The number of rotatable bonds is 6. The molecule has 2 aromatic carbocycles. The summed E-state index contributed by atoms with van der Waals surface area (Å²) in [5.74, 6) is -0.411. The summed E-state index contributed by atoms with van der Waals surface area (Å²) in [6.07, 6.45) is 0.821. The van der Waals surface area contributed by atoms with E-state index in [1.54, 1.807) is 0 Å². The van der Waals surface area contributed by atoms with E-state index in [-0.39, 0.29) is 5.56 Å². The summed E-state index contributed by atoms with van der Waals surface area (Å²) >= 11 is 1.35. The highest BCUT2D eigenvalue weighted by Gasteiger charge is 2.20. The lowest BCUT2D eigenvalue weighted by molar-refractivity contribution is -0.394. The lowest BCUT2D eigenvalue weighted by Gasteiger charge is -2.06.